The highest BCUT2D eigenvalue weighted by atomic mass is 19.4. The number of carbonyl (C=O) groups excluding carboxylic acids is 1. The highest BCUT2D eigenvalue weighted by molar-refractivity contribution is 5.75. The fourth-order valence-corrected chi connectivity index (χ4v) is 2.65. The number of aliphatic hydroxyl groups excluding tert-OH is 1. The van der Waals surface area contributed by atoms with E-state index in [-0.39, 0.29) is 12.2 Å². The van der Waals surface area contributed by atoms with Crippen LogP contribution in [0.4, 0.5) is 18.0 Å². The molecule has 1 heterocycles. The number of amides is 2. The number of nitrogens with one attached hydrogen (secondary N) is 1. The zero-order chi connectivity index (χ0) is 17.0. The van der Waals surface area contributed by atoms with E-state index in [9.17, 15) is 23.1 Å². The molecule has 0 aliphatic carbocycles. The van der Waals surface area contributed by atoms with Gasteiger partial charge in [-0.25, -0.2) is 4.79 Å². The molecule has 128 valence electrons. The van der Waals surface area contributed by atoms with Crippen LogP contribution in [0.2, 0.25) is 0 Å². The van der Waals surface area contributed by atoms with E-state index in [1.165, 1.54) is 36.3 Å². The standard InChI is InChI=1S/C15H19F3N2O3/c1-23-12-6-4-10(5-7-12)13(15(16,17)18)19-14(22)20-8-2-3-11(20)9-21/h4-7,11,13,21H,2-3,8-9H2,1H3,(H,19,22)/t11-,13-/m1/s1. The fourth-order valence-electron chi connectivity index (χ4n) is 2.65. The van der Waals surface area contributed by atoms with Gasteiger partial charge in [0.25, 0.3) is 0 Å². The predicted octanol–water partition coefficient (Wildman–Crippen LogP) is 2.46. The first kappa shape index (κ1) is 17.4. The molecule has 1 aliphatic heterocycles. The monoisotopic (exact) mass is 332 g/mol. The Hall–Kier alpha value is -1.96. The molecule has 1 saturated heterocycles. The molecule has 0 saturated carbocycles. The Morgan fingerprint density at radius 1 is 1.43 bits per heavy atom. The lowest BCUT2D eigenvalue weighted by molar-refractivity contribution is -0.155. The van der Waals surface area contributed by atoms with Crippen molar-refractivity contribution >= 4 is 6.03 Å². The SMILES string of the molecule is COc1ccc([C@@H](NC(=O)N2CCC[C@@H]2CO)C(F)(F)F)cc1. The maximum absolute atomic E-state index is 13.3. The lowest BCUT2D eigenvalue weighted by Crippen LogP contribution is -2.48. The molecule has 2 atom stereocenters. The second kappa shape index (κ2) is 7.08. The molecule has 1 aromatic carbocycles. The van der Waals surface area contributed by atoms with Crippen molar-refractivity contribution in [2.75, 3.05) is 20.3 Å². The van der Waals surface area contributed by atoms with Gasteiger partial charge in [0.2, 0.25) is 0 Å². The highest BCUT2D eigenvalue weighted by Crippen LogP contribution is 2.34. The summed E-state index contributed by atoms with van der Waals surface area (Å²) in [6.45, 7) is 0.0802. The number of hydrogen-bond donors (Lipinski definition) is 2. The van der Waals surface area contributed by atoms with Crippen LogP contribution in [0.3, 0.4) is 0 Å². The van der Waals surface area contributed by atoms with E-state index in [1.54, 1.807) is 0 Å². The maximum Gasteiger partial charge on any atom is 0.412 e. The number of aliphatic hydroxyl groups is 1. The summed E-state index contributed by atoms with van der Waals surface area (Å²) in [6, 6.07) is 2.00. The third kappa shape index (κ3) is 4.07. The van der Waals surface area contributed by atoms with Crippen LogP contribution in [0.1, 0.15) is 24.4 Å². The zero-order valence-electron chi connectivity index (χ0n) is 12.6. The fraction of sp³-hybridized carbons (Fsp3) is 0.533. The molecule has 23 heavy (non-hydrogen) atoms. The summed E-state index contributed by atoms with van der Waals surface area (Å²) < 4.78 is 44.8. The summed E-state index contributed by atoms with van der Waals surface area (Å²) in [7, 11) is 1.42. The van der Waals surface area contributed by atoms with Crippen LogP contribution in [-0.4, -0.2) is 48.5 Å². The molecule has 1 aromatic rings. The van der Waals surface area contributed by atoms with Crippen molar-refractivity contribution in [2.45, 2.75) is 31.1 Å². The van der Waals surface area contributed by atoms with Gasteiger partial charge in [0, 0.05) is 6.54 Å². The molecular formula is C15H19F3N2O3. The van der Waals surface area contributed by atoms with Crippen molar-refractivity contribution in [2.24, 2.45) is 0 Å². The molecular weight excluding hydrogens is 313 g/mol. The zero-order valence-corrected chi connectivity index (χ0v) is 12.6. The third-order valence-electron chi connectivity index (χ3n) is 3.89. The molecule has 2 amide bonds. The number of halogens is 3. The maximum atomic E-state index is 13.3. The minimum atomic E-state index is -4.63. The Morgan fingerprint density at radius 2 is 2.09 bits per heavy atom. The second-order valence-electron chi connectivity index (χ2n) is 5.37. The summed E-state index contributed by atoms with van der Waals surface area (Å²) in [6.07, 6.45) is -3.38. The third-order valence-corrected chi connectivity index (χ3v) is 3.89. The summed E-state index contributed by atoms with van der Waals surface area (Å²) in [5.41, 5.74) is -0.0774. The predicted molar refractivity (Wildman–Crippen MR) is 77.1 cm³/mol. The molecule has 1 aliphatic rings. The Kier molecular flexibility index (Phi) is 5.35. The molecule has 0 radical (unpaired) electrons. The van der Waals surface area contributed by atoms with E-state index in [4.69, 9.17) is 4.74 Å². The van der Waals surface area contributed by atoms with E-state index in [0.717, 1.165) is 0 Å². The number of rotatable bonds is 4. The van der Waals surface area contributed by atoms with E-state index in [2.05, 4.69) is 0 Å². The topological polar surface area (TPSA) is 61.8 Å². The summed E-state index contributed by atoms with van der Waals surface area (Å²) in [5.74, 6) is 0.431. The molecule has 2 N–H and O–H groups in total. The van der Waals surface area contributed by atoms with Crippen molar-refractivity contribution in [3.63, 3.8) is 0 Å². The normalized spacial score (nSPS) is 19.5. The van der Waals surface area contributed by atoms with Crippen molar-refractivity contribution in [1.29, 1.82) is 0 Å². The molecule has 0 spiro atoms. The summed E-state index contributed by atoms with van der Waals surface area (Å²) in [5, 5.41) is 11.2. The van der Waals surface area contributed by atoms with Gasteiger partial charge in [-0.15, -0.1) is 0 Å². The van der Waals surface area contributed by atoms with Gasteiger partial charge in [-0.1, -0.05) is 12.1 Å². The van der Waals surface area contributed by atoms with E-state index in [1.807, 2.05) is 5.32 Å². The lowest BCUT2D eigenvalue weighted by atomic mass is 10.1. The number of alkyl halides is 3. The van der Waals surface area contributed by atoms with Crippen LogP contribution < -0.4 is 10.1 Å². The van der Waals surface area contributed by atoms with Crippen LogP contribution >= 0.6 is 0 Å². The molecule has 1 fully saturated rings. The van der Waals surface area contributed by atoms with Gasteiger partial charge < -0.3 is 20.1 Å². The van der Waals surface area contributed by atoms with Crippen LogP contribution in [0.15, 0.2) is 24.3 Å². The first-order valence-corrected chi connectivity index (χ1v) is 7.25. The Bertz CT molecular complexity index is 534. The molecule has 2 rings (SSSR count). The van der Waals surface area contributed by atoms with Crippen molar-refractivity contribution in [3.8, 4) is 5.75 Å². The highest BCUT2D eigenvalue weighted by Gasteiger charge is 2.43. The number of hydrogen-bond acceptors (Lipinski definition) is 3. The Balaban J connectivity index is 2.17. The number of likely N-dealkylation sites (tertiary alicyclic amines) is 1. The minimum absolute atomic E-state index is 0.0774. The Labute approximate surface area is 132 Å². The first-order valence-electron chi connectivity index (χ1n) is 7.25. The first-order chi connectivity index (χ1) is 10.9. The smallest absolute Gasteiger partial charge is 0.412 e. The van der Waals surface area contributed by atoms with Gasteiger partial charge in [-0.05, 0) is 30.5 Å². The van der Waals surface area contributed by atoms with Gasteiger partial charge in [0.15, 0.2) is 6.04 Å². The van der Waals surface area contributed by atoms with Gasteiger partial charge >= 0.3 is 12.2 Å². The van der Waals surface area contributed by atoms with Crippen LogP contribution in [-0.2, 0) is 0 Å². The molecule has 5 nitrogen and oxygen atoms in total. The number of ether oxygens (including phenoxy) is 1. The van der Waals surface area contributed by atoms with Gasteiger partial charge in [-0.3, -0.25) is 0 Å². The molecule has 8 heteroatoms. The van der Waals surface area contributed by atoms with E-state index >= 15 is 0 Å². The average Bonchev–Trinajstić information content (AvgIpc) is 3.00. The minimum Gasteiger partial charge on any atom is -0.497 e. The summed E-state index contributed by atoms with van der Waals surface area (Å²) in [4.78, 5) is 13.4. The quantitative estimate of drug-likeness (QED) is 0.890. The number of methoxy groups -OCH3 is 1. The largest absolute Gasteiger partial charge is 0.497 e. The number of urea groups is 1. The number of benzene rings is 1. The average molecular weight is 332 g/mol. The van der Waals surface area contributed by atoms with Gasteiger partial charge in [0.05, 0.1) is 19.8 Å². The van der Waals surface area contributed by atoms with E-state index < -0.39 is 24.3 Å². The lowest BCUT2D eigenvalue weighted by Gasteiger charge is -2.28. The Morgan fingerprint density at radius 3 is 2.61 bits per heavy atom. The van der Waals surface area contributed by atoms with Crippen LogP contribution in [0, 0.1) is 0 Å². The number of carbonyl (C=O) groups is 1. The molecule has 0 unspecified atom stereocenters. The molecule has 0 bridgehead atoms. The van der Waals surface area contributed by atoms with Crippen LogP contribution in [0.25, 0.3) is 0 Å². The van der Waals surface area contributed by atoms with Crippen LogP contribution in [0.5, 0.6) is 5.75 Å². The second-order valence-corrected chi connectivity index (χ2v) is 5.37. The van der Waals surface area contributed by atoms with Crippen molar-refractivity contribution in [1.82, 2.24) is 10.2 Å². The molecule has 0 aromatic heterocycles. The van der Waals surface area contributed by atoms with Gasteiger partial charge in [0.1, 0.15) is 5.75 Å². The van der Waals surface area contributed by atoms with E-state index in [0.29, 0.717) is 25.1 Å². The van der Waals surface area contributed by atoms with Crippen molar-refractivity contribution < 1.29 is 27.8 Å². The number of nitrogens with zero attached hydrogens (tertiary/aromatic N) is 1. The summed E-state index contributed by atoms with van der Waals surface area (Å²) >= 11 is 0. The van der Waals surface area contributed by atoms with Crippen molar-refractivity contribution in [3.05, 3.63) is 29.8 Å². The van der Waals surface area contributed by atoms with Gasteiger partial charge in [-0.2, -0.15) is 13.2 Å².